The quantitative estimate of drug-likeness (QED) is 0.904. The molecule has 0 aliphatic carbocycles. The molecule has 0 fully saturated rings. The topological polar surface area (TPSA) is 55.0 Å². The number of nitrogen functional groups attached to an aromatic ring is 1. The van der Waals surface area contributed by atoms with E-state index in [1.807, 2.05) is 24.3 Å². The molecule has 1 heterocycles. The van der Waals surface area contributed by atoms with Crippen molar-refractivity contribution in [3.63, 3.8) is 0 Å². The highest BCUT2D eigenvalue weighted by molar-refractivity contribution is 5.60. The van der Waals surface area contributed by atoms with Gasteiger partial charge in [-0.15, -0.1) is 0 Å². The highest BCUT2D eigenvalue weighted by Gasteiger charge is 2.12. The van der Waals surface area contributed by atoms with Gasteiger partial charge in [-0.3, -0.25) is 0 Å². The minimum absolute atomic E-state index is 0.0587. The maximum Gasteiger partial charge on any atom is 0.222 e. The van der Waals surface area contributed by atoms with Crippen molar-refractivity contribution in [2.75, 3.05) is 17.7 Å². The van der Waals surface area contributed by atoms with E-state index in [1.165, 1.54) is 5.56 Å². The number of halogens is 1. The largest absolute Gasteiger partial charge is 0.368 e. The van der Waals surface area contributed by atoms with Crippen LogP contribution in [0.4, 0.5) is 21.8 Å². The molecule has 0 saturated heterocycles. The Morgan fingerprint density at radius 3 is 2.56 bits per heavy atom. The van der Waals surface area contributed by atoms with Gasteiger partial charge in [-0.05, 0) is 24.1 Å². The van der Waals surface area contributed by atoms with Gasteiger partial charge in [0.15, 0.2) is 11.6 Å². The summed E-state index contributed by atoms with van der Waals surface area (Å²) in [7, 11) is 1.74. The number of aromatic nitrogens is 2. The number of aryl methyl sites for hydroxylation is 1. The zero-order chi connectivity index (χ0) is 13.1. The van der Waals surface area contributed by atoms with Gasteiger partial charge in [-0.2, -0.15) is 4.98 Å². The van der Waals surface area contributed by atoms with Crippen molar-refractivity contribution in [2.24, 2.45) is 0 Å². The van der Waals surface area contributed by atoms with Gasteiger partial charge in [0, 0.05) is 12.7 Å². The number of nitrogens with zero attached hydrogens (tertiary/aromatic N) is 3. The Kier molecular flexibility index (Phi) is 3.41. The lowest BCUT2D eigenvalue weighted by atomic mass is 10.1. The second kappa shape index (κ2) is 5.00. The van der Waals surface area contributed by atoms with E-state index in [-0.39, 0.29) is 11.8 Å². The Hall–Kier alpha value is -2.17. The summed E-state index contributed by atoms with van der Waals surface area (Å²) >= 11 is 0. The van der Waals surface area contributed by atoms with Gasteiger partial charge in [0.1, 0.15) is 0 Å². The summed E-state index contributed by atoms with van der Waals surface area (Å²) in [5.41, 5.74) is 7.56. The number of hydrogen-bond donors (Lipinski definition) is 1. The molecule has 2 N–H and O–H groups in total. The predicted molar refractivity (Wildman–Crippen MR) is 70.3 cm³/mol. The van der Waals surface area contributed by atoms with Crippen LogP contribution >= 0.6 is 0 Å². The lowest BCUT2D eigenvalue weighted by Crippen LogP contribution is -2.14. The van der Waals surface area contributed by atoms with Crippen LogP contribution in [0.1, 0.15) is 12.5 Å². The van der Waals surface area contributed by atoms with E-state index < -0.39 is 5.82 Å². The molecular weight excluding hydrogens is 231 g/mol. The van der Waals surface area contributed by atoms with Gasteiger partial charge >= 0.3 is 0 Å². The Morgan fingerprint density at radius 2 is 1.94 bits per heavy atom. The van der Waals surface area contributed by atoms with E-state index in [0.29, 0.717) is 0 Å². The first-order chi connectivity index (χ1) is 8.61. The van der Waals surface area contributed by atoms with Gasteiger partial charge < -0.3 is 10.6 Å². The van der Waals surface area contributed by atoms with Gasteiger partial charge in [0.25, 0.3) is 0 Å². The fourth-order valence-corrected chi connectivity index (χ4v) is 1.68. The molecule has 0 atom stereocenters. The zero-order valence-corrected chi connectivity index (χ0v) is 10.4. The summed E-state index contributed by atoms with van der Waals surface area (Å²) < 4.78 is 13.6. The molecule has 5 heteroatoms. The summed E-state index contributed by atoms with van der Waals surface area (Å²) in [6.45, 7) is 2.09. The van der Waals surface area contributed by atoms with E-state index in [4.69, 9.17) is 5.73 Å². The average Bonchev–Trinajstić information content (AvgIpc) is 2.41. The Labute approximate surface area is 105 Å². The van der Waals surface area contributed by atoms with E-state index in [1.54, 1.807) is 11.9 Å². The Morgan fingerprint density at radius 1 is 1.28 bits per heavy atom. The van der Waals surface area contributed by atoms with Crippen molar-refractivity contribution in [1.29, 1.82) is 0 Å². The zero-order valence-electron chi connectivity index (χ0n) is 10.4. The summed E-state index contributed by atoms with van der Waals surface area (Å²) in [4.78, 5) is 9.16. The van der Waals surface area contributed by atoms with E-state index in [2.05, 4.69) is 16.9 Å². The van der Waals surface area contributed by atoms with Crippen LogP contribution in [0, 0.1) is 5.82 Å². The molecule has 2 aromatic rings. The molecule has 0 saturated carbocycles. The van der Waals surface area contributed by atoms with Crippen molar-refractivity contribution in [3.05, 3.63) is 41.8 Å². The second-order valence-electron chi connectivity index (χ2n) is 3.98. The van der Waals surface area contributed by atoms with E-state index in [9.17, 15) is 4.39 Å². The fourth-order valence-electron chi connectivity index (χ4n) is 1.68. The van der Waals surface area contributed by atoms with E-state index in [0.717, 1.165) is 18.3 Å². The van der Waals surface area contributed by atoms with Crippen LogP contribution in [-0.4, -0.2) is 17.0 Å². The molecule has 0 spiro atoms. The number of anilines is 3. The number of hydrogen-bond acceptors (Lipinski definition) is 4. The van der Waals surface area contributed by atoms with Crippen LogP contribution in [0.2, 0.25) is 0 Å². The minimum Gasteiger partial charge on any atom is -0.368 e. The van der Waals surface area contributed by atoms with Gasteiger partial charge in [-0.1, -0.05) is 19.1 Å². The maximum absolute atomic E-state index is 13.6. The van der Waals surface area contributed by atoms with Gasteiger partial charge in [0.2, 0.25) is 5.95 Å². The monoisotopic (exact) mass is 246 g/mol. The van der Waals surface area contributed by atoms with E-state index >= 15 is 0 Å². The molecule has 1 aromatic carbocycles. The molecular formula is C13H15FN4. The van der Waals surface area contributed by atoms with Crippen LogP contribution in [0.15, 0.2) is 30.5 Å². The highest BCUT2D eigenvalue weighted by Crippen LogP contribution is 2.24. The van der Waals surface area contributed by atoms with Crippen LogP contribution in [0.3, 0.4) is 0 Å². The molecule has 94 valence electrons. The Bertz CT molecular complexity index is 539. The van der Waals surface area contributed by atoms with Crippen LogP contribution in [0.25, 0.3) is 0 Å². The minimum atomic E-state index is -0.494. The van der Waals surface area contributed by atoms with Crippen LogP contribution in [0.5, 0.6) is 0 Å². The third-order valence-electron chi connectivity index (χ3n) is 2.79. The molecule has 0 aliphatic heterocycles. The normalized spacial score (nSPS) is 10.4. The van der Waals surface area contributed by atoms with Gasteiger partial charge in [0.05, 0.1) is 6.20 Å². The molecule has 0 aliphatic rings. The molecule has 0 amide bonds. The summed E-state index contributed by atoms with van der Waals surface area (Å²) in [6, 6.07) is 7.87. The van der Waals surface area contributed by atoms with Crippen molar-refractivity contribution in [3.8, 4) is 0 Å². The standard InChI is InChI=1S/C13H15FN4/c1-3-9-4-6-10(7-5-9)18(2)12-11(14)8-16-13(15)17-12/h4-8H,3H2,1-2H3,(H2,15,16,17). The lowest BCUT2D eigenvalue weighted by molar-refractivity contribution is 0.614. The second-order valence-corrected chi connectivity index (χ2v) is 3.98. The highest BCUT2D eigenvalue weighted by atomic mass is 19.1. The van der Waals surface area contributed by atoms with Crippen LogP contribution < -0.4 is 10.6 Å². The smallest absolute Gasteiger partial charge is 0.222 e. The number of rotatable bonds is 3. The maximum atomic E-state index is 13.6. The number of benzene rings is 1. The molecule has 0 bridgehead atoms. The molecule has 0 radical (unpaired) electrons. The predicted octanol–water partition coefficient (Wildman–Crippen LogP) is 2.53. The first kappa shape index (κ1) is 12.3. The fraction of sp³-hybridized carbons (Fsp3) is 0.231. The summed E-state index contributed by atoms with van der Waals surface area (Å²) in [6.07, 6.45) is 2.05. The molecule has 0 unspecified atom stereocenters. The lowest BCUT2D eigenvalue weighted by Gasteiger charge is -2.19. The molecule has 18 heavy (non-hydrogen) atoms. The van der Waals surface area contributed by atoms with Crippen LogP contribution in [-0.2, 0) is 6.42 Å². The Balaban J connectivity index is 2.34. The van der Waals surface area contributed by atoms with Crippen molar-refractivity contribution in [1.82, 2.24) is 9.97 Å². The summed E-state index contributed by atoms with van der Waals surface area (Å²) in [5.74, 6) is -0.263. The summed E-state index contributed by atoms with van der Waals surface area (Å²) in [5, 5.41) is 0. The SMILES string of the molecule is CCc1ccc(N(C)c2nc(N)ncc2F)cc1. The first-order valence-electron chi connectivity index (χ1n) is 5.72. The molecule has 2 rings (SSSR count). The average molecular weight is 246 g/mol. The van der Waals surface area contributed by atoms with Crippen molar-refractivity contribution in [2.45, 2.75) is 13.3 Å². The van der Waals surface area contributed by atoms with Crippen molar-refractivity contribution < 1.29 is 4.39 Å². The van der Waals surface area contributed by atoms with Crippen molar-refractivity contribution >= 4 is 17.5 Å². The first-order valence-corrected chi connectivity index (χ1v) is 5.72. The molecule has 4 nitrogen and oxygen atoms in total. The third kappa shape index (κ3) is 2.40. The molecule has 1 aromatic heterocycles. The third-order valence-corrected chi connectivity index (χ3v) is 2.79. The van der Waals surface area contributed by atoms with Gasteiger partial charge in [-0.25, -0.2) is 9.37 Å². The number of nitrogens with two attached hydrogens (primary N) is 1.